The lowest BCUT2D eigenvalue weighted by Crippen LogP contribution is -2.48. The van der Waals surface area contributed by atoms with Crippen LogP contribution >= 0.6 is 0 Å². The second-order valence-corrected chi connectivity index (χ2v) is 5.66. The van der Waals surface area contributed by atoms with Crippen molar-refractivity contribution in [1.29, 1.82) is 0 Å². The Kier molecular flexibility index (Phi) is 3.90. The zero-order valence-electron chi connectivity index (χ0n) is 12.0. The topological polar surface area (TPSA) is 69.4 Å². The fourth-order valence-corrected chi connectivity index (χ4v) is 2.31. The number of aryl methyl sites for hydroxylation is 1. The average Bonchev–Trinajstić information content (AvgIpc) is 2.88. The van der Waals surface area contributed by atoms with Crippen LogP contribution in [0, 0.1) is 12.3 Å². The smallest absolute Gasteiger partial charge is 0.134 e. The Labute approximate surface area is 123 Å². The SMILES string of the molecule is Cc1cccc(OCc2cn(CC3(CO)COC3)nn2)c1. The highest BCUT2D eigenvalue weighted by Gasteiger charge is 2.38. The standard InChI is InChI=1S/C15H19N3O3/c1-12-3-2-4-14(5-12)21-7-13-6-18(17-16-13)8-15(9-19)10-20-11-15/h2-6,19H,7-11H2,1H3. The van der Waals surface area contributed by atoms with Gasteiger partial charge in [-0.25, -0.2) is 0 Å². The summed E-state index contributed by atoms with van der Waals surface area (Å²) >= 11 is 0. The molecule has 112 valence electrons. The van der Waals surface area contributed by atoms with E-state index in [1.54, 1.807) is 4.68 Å². The molecule has 2 aromatic rings. The molecule has 3 rings (SSSR count). The van der Waals surface area contributed by atoms with Crippen LogP contribution in [0.5, 0.6) is 5.75 Å². The maximum atomic E-state index is 9.42. The van der Waals surface area contributed by atoms with Crippen molar-refractivity contribution in [3.63, 3.8) is 0 Å². The summed E-state index contributed by atoms with van der Waals surface area (Å²) in [6, 6.07) is 7.89. The van der Waals surface area contributed by atoms with E-state index in [2.05, 4.69) is 10.3 Å². The molecule has 1 aromatic carbocycles. The molecule has 0 bridgehead atoms. The van der Waals surface area contributed by atoms with E-state index < -0.39 is 0 Å². The Bertz CT molecular complexity index is 602. The summed E-state index contributed by atoms with van der Waals surface area (Å²) in [4.78, 5) is 0. The van der Waals surface area contributed by atoms with Crippen LogP contribution in [-0.4, -0.2) is 39.9 Å². The molecule has 1 aromatic heterocycles. The molecule has 2 heterocycles. The van der Waals surface area contributed by atoms with Crippen molar-refractivity contribution in [2.75, 3.05) is 19.8 Å². The molecule has 6 heteroatoms. The Hall–Kier alpha value is -1.92. The molecule has 6 nitrogen and oxygen atoms in total. The number of aliphatic hydroxyl groups is 1. The first-order valence-electron chi connectivity index (χ1n) is 6.96. The number of hydrogen-bond donors (Lipinski definition) is 1. The molecule has 1 fully saturated rings. The minimum Gasteiger partial charge on any atom is -0.487 e. The van der Waals surface area contributed by atoms with Crippen molar-refractivity contribution in [3.05, 3.63) is 41.7 Å². The Balaban J connectivity index is 1.58. The van der Waals surface area contributed by atoms with Crippen molar-refractivity contribution in [1.82, 2.24) is 15.0 Å². The second kappa shape index (κ2) is 5.83. The van der Waals surface area contributed by atoms with Crippen molar-refractivity contribution < 1.29 is 14.6 Å². The molecule has 1 aliphatic rings. The van der Waals surface area contributed by atoms with Gasteiger partial charge in [0, 0.05) is 0 Å². The van der Waals surface area contributed by atoms with Crippen LogP contribution in [0.4, 0.5) is 0 Å². The normalized spacial score (nSPS) is 16.5. The van der Waals surface area contributed by atoms with E-state index in [9.17, 15) is 5.11 Å². The minimum absolute atomic E-state index is 0.0992. The highest BCUT2D eigenvalue weighted by Crippen LogP contribution is 2.28. The first-order chi connectivity index (χ1) is 10.2. The van der Waals surface area contributed by atoms with Gasteiger partial charge in [-0.1, -0.05) is 17.3 Å². The van der Waals surface area contributed by atoms with Gasteiger partial charge in [-0.3, -0.25) is 4.68 Å². The van der Waals surface area contributed by atoms with Gasteiger partial charge < -0.3 is 14.6 Å². The number of aromatic nitrogens is 3. The molecule has 21 heavy (non-hydrogen) atoms. The fourth-order valence-electron chi connectivity index (χ4n) is 2.31. The van der Waals surface area contributed by atoms with E-state index in [1.807, 2.05) is 37.4 Å². The van der Waals surface area contributed by atoms with Crippen LogP contribution in [0.1, 0.15) is 11.3 Å². The molecule has 0 aliphatic carbocycles. The van der Waals surface area contributed by atoms with Gasteiger partial charge in [-0.2, -0.15) is 0 Å². The van der Waals surface area contributed by atoms with Crippen LogP contribution in [0.15, 0.2) is 30.5 Å². The zero-order valence-corrected chi connectivity index (χ0v) is 12.0. The molecule has 1 saturated heterocycles. The van der Waals surface area contributed by atoms with Crippen LogP contribution in [0.2, 0.25) is 0 Å². The van der Waals surface area contributed by atoms with E-state index in [0.29, 0.717) is 26.4 Å². The predicted octanol–water partition coefficient (Wildman–Crippen LogP) is 1.17. The Morgan fingerprint density at radius 3 is 2.95 bits per heavy atom. The van der Waals surface area contributed by atoms with E-state index in [1.165, 1.54) is 0 Å². The monoisotopic (exact) mass is 289 g/mol. The van der Waals surface area contributed by atoms with Crippen molar-refractivity contribution in [3.8, 4) is 5.75 Å². The van der Waals surface area contributed by atoms with Crippen molar-refractivity contribution >= 4 is 0 Å². The Morgan fingerprint density at radius 2 is 2.29 bits per heavy atom. The van der Waals surface area contributed by atoms with E-state index >= 15 is 0 Å². The molecule has 0 atom stereocenters. The minimum atomic E-state index is -0.206. The molecular weight excluding hydrogens is 270 g/mol. The maximum absolute atomic E-state index is 9.42. The third-order valence-corrected chi connectivity index (χ3v) is 3.61. The molecule has 1 N–H and O–H groups in total. The maximum Gasteiger partial charge on any atom is 0.134 e. The van der Waals surface area contributed by atoms with Gasteiger partial charge in [0.15, 0.2) is 0 Å². The van der Waals surface area contributed by atoms with Gasteiger partial charge in [0.05, 0.1) is 38.0 Å². The van der Waals surface area contributed by atoms with Crippen LogP contribution in [-0.2, 0) is 17.9 Å². The van der Waals surface area contributed by atoms with Gasteiger partial charge in [0.25, 0.3) is 0 Å². The second-order valence-electron chi connectivity index (χ2n) is 5.66. The van der Waals surface area contributed by atoms with Gasteiger partial charge in [0.1, 0.15) is 18.1 Å². The summed E-state index contributed by atoms with van der Waals surface area (Å²) < 4.78 is 12.6. The number of hydrogen-bond acceptors (Lipinski definition) is 5. The Morgan fingerprint density at radius 1 is 1.43 bits per heavy atom. The van der Waals surface area contributed by atoms with Crippen molar-refractivity contribution in [2.24, 2.45) is 5.41 Å². The molecular formula is C15H19N3O3. The summed E-state index contributed by atoms with van der Waals surface area (Å²) in [6.07, 6.45) is 1.85. The largest absolute Gasteiger partial charge is 0.487 e. The molecule has 0 unspecified atom stereocenters. The van der Waals surface area contributed by atoms with Gasteiger partial charge in [-0.05, 0) is 24.6 Å². The quantitative estimate of drug-likeness (QED) is 0.864. The lowest BCUT2D eigenvalue weighted by atomic mass is 9.87. The molecule has 0 saturated carbocycles. The number of aliphatic hydroxyl groups excluding tert-OH is 1. The lowest BCUT2D eigenvalue weighted by molar-refractivity contribution is -0.146. The highest BCUT2D eigenvalue weighted by molar-refractivity contribution is 5.27. The van der Waals surface area contributed by atoms with Gasteiger partial charge >= 0.3 is 0 Å². The highest BCUT2D eigenvalue weighted by atomic mass is 16.5. The van der Waals surface area contributed by atoms with Gasteiger partial charge in [0.2, 0.25) is 0 Å². The van der Waals surface area contributed by atoms with E-state index in [0.717, 1.165) is 17.0 Å². The summed E-state index contributed by atoms with van der Waals surface area (Å²) in [7, 11) is 0. The van der Waals surface area contributed by atoms with E-state index in [4.69, 9.17) is 9.47 Å². The number of nitrogens with zero attached hydrogens (tertiary/aromatic N) is 3. The van der Waals surface area contributed by atoms with Crippen LogP contribution < -0.4 is 4.74 Å². The zero-order chi connectivity index (χ0) is 14.7. The lowest BCUT2D eigenvalue weighted by Gasteiger charge is -2.39. The summed E-state index contributed by atoms with van der Waals surface area (Å²) in [6.45, 7) is 4.25. The van der Waals surface area contributed by atoms with Gasteiger partial charge in [-0.15, -0.1) is 5.10 Å². The first-order valence-corrected chi connectivity index (χ1v) is 6.96. The van der Waals surface area contributed by atoms with Crippen LogP contribution in [0.3, 0.4) is 0 Å². The molecule has 0 radical (unpaired) electrons. The molecule has 1 aliphatic heterocycles. The summed E-state index contributed by atoms with van der Waals surface area (Å²) in [5.74, 6) is 0.823. The predicted molar refractivity (Wildman–Crippen MR) is 75.9 cm³/mol. The van der Waals surface area contributed by atoms with Crippen molar-refractivity contribution in [2.45, 2.75) is 20.1 Å². The van der Waals surface area contributed by atoms with E-state index in [-0.39, 0.29) is 12.0 Å². The van der Waals surface area contributed by atoms with Crippen LogP contribution in [0.25, 0.3) is 0 Å². The first kappa shape index (κ1) is 14.0. The third kappa shape index (κ3) is 3.22. The number of benzene rings is 1. The number of rotatable bonds is 6. The molecule has 0 spiro atoms. The fraction of sp³-hybridized carbons (Fsp3) is 0.467. The number of ether oxygens (including phenoxy) is 2. The molecule has 0 amide bonds. The third-order valence-electron chi connectivity index (χ3n) is 3.61. The summed E-state index contributed by atoms with van der Waals surface area (Å²) in [5.41, 5.74) is 1.72. The average molecular weight is 289 g/mol. The summed E-state index contributed by atoms with van der Waals surface area (Å²) in [5, 5.41) is 17.6.